The summed E-state index contributed by atoms with van der Waals surface area (Å²) in [4.78, 5) is 0.365. The molecule has 0 aliphatic carbocycles. The maximum Gasteiger partial charge on any atom is 0.240 e. The molecule has 1 aromatic rings. The first-order chi connectivity index (χ1) is 8.99. The van der Waals surface area contributed by atoms with Gasteiger partial charge in [0.25, 0.3) is 0 Å². The molecule has 0 amide bonds. The van der Waals surface area contributed by atoms with Crippen LogP contribution in [0, 0.1) is 13.8 Å². The second kappa shape index (κ2) is 6.52. The average molecular weight is 318 g/mol. The summed E-state index contributed by atoms with van der Waals surface area (Å²) in [7, 11) is -3.37. The van der Waals surface area contributed by atoms with Crippen LogP contribution in [0.2, 0.25) is 0 Å². The van der Waals surface area contributed by atoms with Crippen molar-refractivity contribution in [1.29, 1.82) is 0 Å². The minimum Gasteiger partial charge on any atom is -0.210 e. The predicted octanol–water partition coefficient (Wildman–Crippen LogP) is 2.43. The molecule has 0 spiro atoms. The van der Waals surface area contributed by atoms with E-state index in [2.05, 4.69) is 4.72 Å². The summed E-state index contributed by atoms with van der Waals surface area (Å²) >= 11 is 3.76. The van der Waals surface area contributed by atoms with Gasteiger partial charge in [-0.05, 0) is 37.1 Å². The number of rotatable bonds is 4. The quantitative estimate of drug-likeness (QED) is 0.926. The highest BCUT2D eigenvalue weighted by Gasteiger charge is 2.19. The minimum absolute atomic E-state index is 0.365. The van der Waals surface area contributed by atoms with Crippen molar-refractivity contribution >= 4 is 33.5 Å². The van der Waals surface area contributed by atoms with E-state index >= 15 is 0 Å². The van der Waals surface area contributed by atoms with E-state index in [0.717, 1.165) is 22.6 Å². The largest absolute Gasteiger partial charge is 0.240 e. The second-order valence-corrected chi connectivity index (χ2v) is 8.99. The number of hydrogen-bond acceptors (Lipinski definition) is 4. The lowest BCUT2D eigenvalue weighted by Gasteiger charge is -2.21. The first-order valence-electron chi connectivity index (χ1n) is 6.25. The van der Waals surface area contributed by atoms with Crippen LogP contribution in [0.4, 0.5) is 0 Å². The first kappa shape index (κ1) is 15.2. The summed E-state index contributed by atoms with van der Waals surface area (Å²) in [6, 6.07) is 5.27. The van der Waals surface area contributed by atoms with Crippen molar-refractivity contribution < 1.29 is 8.42 Å². The van der Waals surface area contributed by atoms with Crippen molar-refractivity contribution in [3.63, 3.8) is 0 Å². The van der Waals surface area contributed by atoms with Gasteiger partial charge >= 0.3 is 0 Å². The van der Waals surface area contributed by atoms with E-state index in [1.54, 1.807) is 12.1 Å². The molecule has 0 radical (unpaired) electrons. The summed E-state index contributed by atoms with van der Waals surface area (Å²) in [5.41, 5.74) is 2.11. The van der Waals surface area contributed by atoms with Gasteiger partial charge in [0, 0.05) is 29.1 Å². The van der Waals surface area contributed by atoms with Gasteiger partial charge in [0.15, 0.2) is 0 Å². The topological polar surface area (TPSA) is 46.2 Å². The normalized spacial score (nSPS) is 20.4. The Morgan fingerprint density at radius 2 is 2.05 bits per heavy atom. The Balaban J connectivity index is 2.02. The molecule has 3 nitrogen and oxygen atoms in total. The van der Waals surface area contributed by atoms with Gasteiger partial charge < -0.3 is 0 Å². The molecule has 1 saturated heterocycles. The fourth-order valence-corrected chi connectivity index (χ4v) is 5.71. The maximum atomic E-state index is 12.2. The fraction of sp³-hybridized carbons (Fsp3) is 0.538. The molecule has 1 atom stereocenters. The lowest BCUT2D eigenvalue weighted by Crippen LogP contribution is -2.33. The maximum absolute atomic E-state index is 12.2. The Bertz CT molecular complexity index is 537. The van der Waals surface area contributed by atoms with Gasteiger partial charge in [-0.2, -0.15) is 23.5 Å². The van der Waals surface area contributed by atoms with Gasteiger partial charge in [-0.3, -0.25) is 0 Å². The van der Waals surface area contributed by atoms with E-state index < -0.39 is 10.0 Å². The Labute approximate surface area is 124 Å². The molecule has 1 N–H and O–H groups in total. The zero-order valence-electron chi connectivity index (χ0n) is 11.2. The van der Waals surface area contributed by atoms with Gasteiger partial charge in [0.1, 0.15) is 0 Å². The molecule has 1 unspecified atom stereocenters. The zero-order valence-corrected chi connectivity index (χ0v) is 13.6. The Morgan fingerprint density at radius 1 is 1.26 bits per heavy atom. The van der Waals surface area contributed by atoms with Crippen LogP contribution >= 0.6 is 23.5 Å². The van der Waals surface area contributed by atoms with E-state index in [9.17, 15) is 8.42 Å². The highest BCUT2D eigenvalue weighted by atomic mass is 32.2. The Kier molecular flexibility index (Phi) is 5.22. The lowest BCUT2D eigenvalue weighted by atomic mass is 10.1. The number of benzene rings is 1. The SMILES string of the molecule is Cc1ccc(S(=O)(=O)NCC2CSCCS2)cc1C. The van der Waals surface area contributed by atoms with Crippen molar-refractivity contribution in [3.8, 4) is 0 Å². The van der Waals surface area contributed by atoms with E-state index in [1.165, 1.54) is 5.75 Å². The van der Waals surface area contributed by atoms with Crippen molar-refractivity contribution in [2.75, 3.05) is 23.8 Å². The monoisotopic (exact) mass is 317 g/mol. The molecule has 0 aromatic heterocycles. The molecule has 1 heterocycles. The summed E-state index contributed by atoms with van der Waals surface area (Å²) in [5, 5.41) is 0.389. The van der Waals surface area contributed by atoms with Crippen LogP contribution < -0.4 is 4.72 Å². The number of nitrogens with one attached hydrogen (secondary N) is 1. The van der Waals surface area contributed by atoms with Crippen molar-refractivity contribution in [1.82, 2.24) is 4.72 Å². The third-order valence-electron chi connectivity index (χ3n) is 3.17. The molecule has 1 aromatic carbocycles. The zero-order chi connectivity index (χ0) is 13.9. The lowest BCUT2D eigenvalue weighted by molar-refractivity contribution is 0.581. The van der Waals surface area contributed by atoms with Gasteiger partial charge in [-0.25, -0.2) is 13.1 Å². The van der Waals surface area contributed by atoms with Gasteiger partial charge in [0.2, 0.25) is 10.0 Å². The van der Waals surface area contributed by atoms with Crippen LogP contribution in [0.3, 0.4) is 0 Å². The minimum atomic E-state index is -3.37. The standard InChI is InChI=1S/C13H19NO2S3/c1-10-3-4-13(7-11(10)2)19(15,16)14-8-12-9-17-5-6-18-12/h3-4,7,12,14H,5-6,8-9H2,1-2H3. The van der Waals surface area contributed by atoms with Gasteiger partial charge in [-0.15, -0.1) is 0 Å². The molecular formula is C13H19NO2S3. The van der Waals surface area contributed by atoms with E-state index in [1.807, 2.05) is 43.4 Å². The van der Waals surface area contributed by atoms with Crippen LogP contribution in [0.25, 0.3) is 0 Å². The number of thioether (sulfide) groups is 2. The summed E-state index contributed by atoms with van der Waals surface area (Å²) in [5.74, 6) is 3.31. The third-order valence-corrected chi connectivity index (χ3v) is 7.44. The van der Waals surface area contributed by atoms with Gasteiger partial charge in [-0.1, -0.05) is 6.07 Å². The van der Waals surface area contributed by atoms with Crippen LogP contribution in [0.15, 0.2) is 23.1 Å². The first-order valence-corrected chi connectivity index (χ1v) is 9.94. The molecule has 2 rings (SSSR count). The fourth-order valence-electron chi connectivity index (χ4n) is 1.82. The van der Waals surface area contributed by atoms with Crippen molar-refractivity contribution in [2.24, 2.45) is 0 Å². The molecule has 1 fully saturated rings. The van der Waals surface area contributed by atoms with E-state index in [-0.39, 0.29) is 0 Å². The number of aryl methyl sites for hydroxylation is 2. The van der Waals surface area contributed by atoms with Crippen molar-refractivity contribution in [2.45, 2.75) is 24.0 Å². The van der Waals surface area contributed by atoms with Crippen LogP contribution in [0.5, 0.6) is 0 Å². The average Bonchev–Trinajstić information content (AvgIpc) is 2.41. The molecule has 0 bridgehead atoms. The van der Waals surface area contributed by atoms with Crippen LogP contribution in [0.1, 0.15) is 11.1 Å². The van der Waals surface area contributed by atoms with Crippen LogP contribution in [-0.4, -0.2) is 37.5 Å². The molecule has 106 valence electrons. The molecule has 1 aliphatic heterocycles. The number of sulfonamides is 1. The molecule has 19 heavy (non-hydrogen) atoms. The molecule has 6 heteroatoms. The summed E-state index contributed by atoms with van der Waals surface area (Å²) < 4.78 is 27.2. The Morgan fingerprint density at radius 3 is 2.68 bits per heavy atom. The Hall–Kier alpha value is -0.170. The third kappa shape index (κ3) is 4.15. The smallest absolute Gasteiger partial charge is 0.210 e. The highest BCUT2D eigenvalue weighted by Crippen LogP contribution is 2.24. The number of hydrogen-bond donors (Lipinski definition) is 1. The predicted molar refractivity (Wildman–Crippen MR) is 84.7 cm³/mol. The summed E-state index contributed by atoms with van der Waals surface area (Å²) in [6.45, 7) is 4.43. The molecular weight excluding hydrogens is 298 g/mol. The van der Waals surface area contributed by atoms with Crippen molar-refractivity contribution in [3.05, 3.63) is 29.3 Å². The van der Waals surface area contributed by atoms with Gasteiger partial charge in [0.05, 0.1) is 4.90 Å². The second-order valence-electron chi connectivity index (χ2n) is 4.67. The molecule has 1 aliphatic rings. The summed E-state index contributed by atoms with van der Waals surface area (Å²) in [6.07, 6.45) is 0. The highest BCUT2D eigenvalue weighted by molar-refractivity contribution is 8.06. The van der Waals surface area contributed by atoms with E-state index in [0.29, 0.717) is 16.7 Å². The van der Waals surface area contributed by atoms with Crippen LogP contribution in [-0.2, 0) is 10.0 Å². The van der Waals surface area contributed by atoms with E-state index in [4.69, 9.17) is 0 Å². The molecule has 0 saturated carbocycles.